The Labute approximate surface area is 800 Å². The molecular weight excluding hydrogens is 1910 g/mol. The second-order valence-electron chi connectivity index (χ2n) is 34.9. The summed E-state index contributed by atoms with van der Waals surface area (Å²) in [4.78, 5) is 52.4. The molecule has 0 bridgehead atoms. The Morgan fingerprint density at radius 2 is 0.846 bits per heavy atom. The number of esters is 2. The molecule has 0 spiro atoms. The Hall–Kier alpha value is -9.62. The van der Waals surface area contributed by atoms with Gasteiger partial charge in [-0.1, -0.05) is 156 Å². The van der Waals surface area contributed by atoms with Gasteiger partial charge in [-0.3, -0.25) is 15.0 Å². The first kappa shape index (κ1) is 101. The van der Waals surface area contributed by atoms with E-state index in [1.807, 2.05) is 269 Å². The Kier molecular flexibility index (Phi) is 33.3. The maximum Gasteiger partial charge on any atom is 0.496 e. The first-order valence-electron chi connectivity index (χ1n) is 42.3. The lowest BCUT2D eigenvalue weighted by molar-refractivity contribution is -0.164. The molecule has 4 aliphatic heterocycles. The highest BCUT2D eigenvalue weighted by Crippen LogP contribution is 2.51. The molecule has 0 unspecified atom stereocenters. The second kappa shape index (κ2) is 42.9. The summed E-state index contributed by atoms with van der Waals surface area (Å²) in [6, 6.07) is 55.4. The van der Waals surface area contributed by atoms with E-state index in [0.717, 1.165) is 120 Å². The van der Waals surface area contributed by atoms with Crippen LogP contribution >= 0.6 is 82.6 Å². The van der Waals surface area contributed by atoms with E-state index in [-0.39, 0.29) is 11.2 Å². The van der Waals surface area contributed by atoms with E-state index in [2.05, 4.69) is 68.7 Å². The fraction of sp³-hybridized carbons (Fsp3) is 0.333. The van der Waals surface area contributed by atoms with Crippen molar-refractivity contribution in [3.05, 3.63) is 244 Å². The van der Waals surface area contributed by atoms with Crippen molar-refractivity contribution < 1.29 is 76.7 Å². The Morgan fingerprint density at radius 3 is 1.28 bits per heavy atom. The minimum Gasteiger partial charge on any atom is -0.490 e. The number of carbonyl (C=O) groups excluding carboxylic acids is 2. The van der Waals surface area contributed by atoms with Crippen molar-refractivity contribution in [3.63, 3.8) is 0 Å². The lowest BCUT2D eigenvalue weighted by Gasteiger charge is -2.32. The number of halogens is 6. The van der Waals surface area contributed by atoms with Crippen LogP contribution in [0.25, 0.3) is 66.1 Å². The molecule has 130 heavy (non-hydrogen) atoms. The topological polar surface area (TPSA) is 305 Å². The summed E-state index contributed by atoms with van der Waals surface area (Å²) in [7, 11) is 0.929. The number of anilines is 4. The van der Waals surface area contributed by atoms with Gasteiger partial charge in [0.25, 0.3) is 0 Å². The third-order valence-electron chi connectivity index (χ3n) is 21.6. The van der Waals surface area contributed by atoms with Gasteiger partial charge in [-0.25, -0.2) is 14.4 Å². The number of rotatable bonds is 14. The minimum absolute atomic E-state index is 0.374. The number of ether oxygens (including phenoxy) is 8. The SMILES string of the molecule is CC1(C)OB(c2ccc3c(c2Cl)NCCO3)OC1(C)C.COC(=O)[C@@H](OC(C)(C)C)c1c(C)nc2c(Br)cccc2c1-c1ccc2c(c1Cl)NCCO2.COC(=O)[C@@H](OC(C)(C)C)c1c(C)nc2c(Br)cccc2c1C.Cc1nc2c(-c3ccccc3)cccc2c(-c2ccc3c(c2Cl)NCCO3)c1[C@H](OC(C)(C)C)C(=O)O.Nc1ccccc1Br.OB(O)c1ccccc1. The van der Waals surface area contributed by atoms with E-state index in [9.17, 15) is 19.5 Å². The summed E-state index contributed by atoms with van der Waals surface area (Å²) in [5.41, 5.74) is 19.5. The normalized spacial score (nSPS) is 14.7. The number of aliphatic carboxylic acids is 1. The molecule has 12 aromatic rings. The number of hydrogen-bond donors (Lipinski definition) is 7. The first-order valence-corrected chi connectivity index (χ1v) is 45.8. The van der Waals surface area contributed by atoms with E-state index < -0.39 is 67.3 Å². The molecule has 0 aliphatic carbocycles. The van der Waals surface area contributed by atoms with Crippen molar-refractivity contribution in [1.29, 1.82) is 0 Å². The molecule has 9 aromatic carbocycles. The highest BCUT2D eigenvalue weighted by atomic mass is 79.9. The van der Waals surface area contributed by atoms with Gasteiger partial charge in [0.1, 0.15) is 37.1 Å². The first-order chi connectivity index (χ1) is 61.4. The summed E-state index contributed by atoms with van der Waals surface area (Å²) in [5.74, 6) is 0.144. The van der Waals surface area contributed by atoms with Gasteiger partial charge in [-0.15, -0.1) is 0 Å². The zero-order valence-corrected chi connectivity index (χ0v) is 83.2. The molecule has 23 nitrogen and oxygen atoms in total. The van der Waals surface area contributed by atoms with Crippen LogP contribution in [-0.4, -0.2) is 144 Å². The standard InChI is InChI=1S/C30H29ClN2O4.C25H26BrClN2O4.C18H22BrNO3.C14H19BClNO3.C6H7BO2.C6H6BrN/c1-17-23(28(29(34)35)37-30(2,3)4)24(20-13-14-22-27(25(20)31)32-15-16-36-22)21-12-8-11-19(26(21)33-17)18-9-6-5-7-10-18;1-13-18(23(24(30)31-5)33-25(2,3)4)19(15-7-6-8-16(26)21(15)29-13)14-9-10-17-22(20(14)27)28-11-12-32-17;1-10-12-8-7-9-13(19)15(12)20-11(2)14(10)16(17(21)22-6)23-18(3,4)5;1-13(2)14(3,4)20-15(19-13)9-5-6-10-12(11(9)16)17-7-8-18-10;8-7(9)6-4-2-1-3-5-6;7-5-3-1-2-4-6(5)8/h5-14,28,32H,15-16H2,1-4H3,(H,34,35);6-10,23,28H,11-12H2,1-5H3;7-9,16H,1-6H3;5-6,17H,7-8H2,1-4H3;1-5,8-9H;1-4H,8H2/t28-;23-;16-;;;/m000.../s1. The van der Waals surface area contributed by atoms with Gasteiger partial charge < -0.3 is 84.0 Å². The number of carboxylic acids is 1. The van der Waals surface area contributed by atoms with E-state index in [0.29, 0.717) is 104 Å². The maximum absolute atomic E-state index is 13.0. The number of carboxylic acid groups (broad SMARTS) is 1. The lowest BCUT2D eigenvalue weighted by atomic mass is 9.78. The largest absolute Gasteiger partial charge is 0.496 e. The molecule has 7 heterocycles. The number of methoxy groups -OCH3 is 2. The number of aryl methyl sites for hydroxylation is 4. The number of nitrogens with zero attached hydrogens (tertiary/aromatic N) is 3. The Balaban J connectivity index is 0.000000161. The van der Waals surface area contributed by atoms with E-state index >= 15 is 0 Å². The third-order valence-corrected chi connectivity index (χ3v) is 24.8. The van der Waals surface area contributed by atoms with E-state index in [1.54, 1.807) is 24.3 Å². The average Bonchev–Trinajstić information content (AvgIpc) is 1.29. The third kappa shape index (κ3) is 23.9. The number of para-hydroxylation sites is 4. The van der Waals surface area contributed by atoms with Gasteiger partial charge in [0.05, 0.1) is 90.9 Å². The minimum atomic E-state index is -1.34. The number of aromatic nitrogens is 3. The molecule has 1 fully saturated rings. The van der Waals surface area contributed by atoms with Crippen LogP contribution in [0, 0.1) is 27.7 Å². The Bertz CT molecular complexity index is 6090. The van der Waals surface area contributed by atoms with Crippen LogP contribution in [0.4, 0.5) is 22.7 Å². The predicted molar refractivity (Wildman–Crippen MR) is 532 cm³/mol. The summed E-state index contributed by atoms with van der Waals surface area (Å²) in [5, 5.41) is 41.6. The van der Waals surface area contributed by atoms with Crippen LogP contribution in [0.2, 0.25) is 15.1 Å². The van der Waals surface area contributed by atoms with Crippen molar-refractivity contribution in [2.24, 2.45) is 0 Å². The number of fused-ring (bicyclic) bond motifs is 6. The van der Waals surface area contributed by atoms with Crippen molar-refractivity contribution in [2.45, 2.75) is 164 Å². The van der Waals surface area contributed by atoms with Gasteiger partial charge in [0, 0.05) is 122 Å². The van der Waals surface area contributed by atoms with Crippen LogP contribution in [-0.2, 0) is 47.4 Å². The summed E-state index contributed by atoms with van der Waals surface area (Å²) >= 11 is 30.9. The molecule has 3 aromatic heterocycles. The molecule has 684 valence electrons. The molecule has 0 amide bonds. The van der Waals surface area contributed by atoms with Crippen molar-refractivity contribution in [1.82, 2.24) is 15.0 Å². The molecule has 8 N–H and O–H groups in total. The van der Waals surface area contributed by atoms with E-state index in [1.165, 1.54) is 14.2 Å². The summed E-state index contributed by atoms with van der Waals surface area (Å²) in [6.07, 6.45) is -3.03. The number of pyridine rings is 3. The van der Waals surface area contributed by atoms with Gasteiger partial charge in [0.2, 0.25) is 0 Å². The predicted octanol–water partition coefficient (Wildman–Crippen LogP) is 22.2. The number of nitrogen functional groups attached to an aromatic ring is 1. The molecule has 31 heteroatoms. The molecule has 0 radical (unpaired) electrons. The van der Waals surface area contributed by atoms with Gasteiger partial charge in [-0.05, 0) is 237 Å². The van der Waals surface area contributed by atoms with Gasteiger partial charge in [0.15, 0.2) is 18.3 Å². The van der Waals surface area contributed by atoms with Crippen molar-refractivity contribution in [2.75, 3.05) is 75.4 Å². The quantitative estimate of drug-likeness (QED) is 0.0302. The van der Waals surface area contributed by atoms with Gasteiger partial charge in [-0.2, -0.15) is 0 Å². The van der Waals surface area contributed by atoms with Crippen molar-refractivity contribution >= 4 is 181 Å². The highest BCUT2D eigenvalue weighted by Gasteiger charge is 2.53. The molecule has 1 saturated heterocycles. The van der Waals surface area contributed by atoms with Crippen LogP contribution in [0.15, 0.2) is 189 Å². The van der Waals surface area contributed by atoms with Crippen molar-refractivity contribution in [3.8, 4) is 50.6 Å². The number of benzene rings is 9. The maximum atomic E-state index is 13.0. The monoisotopic (exact) mass is 2020 g/mol. The molecule has 3 atom stereocenters. The lowest BCUT2D eigenvalue weighted by Crippen LogP contribution is -2.41. The second-order valence-corrected chi connectivity index (χ2v) is 38.6. The smallest absolute Gasteiger partial charge is 0.490 e. The number of nitrogens with one attached hydrogen (secondary N) is 3. The van der Waals surface area contributed by atoms with Crippen LogP contribution in [0.1, 0.15) is 148 Å². The number of nitrogens with two attached hydrogens (primary N) is 1. The van der Waals surface area contributed by atoms with Crippen LogP contribution in [0.3, 0.4) is 0 Å². The molecular formula is C99H109B2Br3Cl3N7O16. The van der Waals surface area contributed by atoms with Crippen LogP contribution < -0.4 is 46.8 Å². The fourth-order valence-corrected chi connectivity index (χ4v) is 17.1. The number of carbonyl (C=O) groups is 3. The number of hydrogen-bond acceptors (Lipinski definition) is 22. The van der Waals surface area contributed by atoms with Crippen LogP contribution in [0.5, 0.6) is 17.2 Å². The molecule has 0 saturated carbocycles. The summed E-state index contributed by atoms with van der Waals surface area (Å²) in [6.45, 7) is 36.5. The molecule has 4 aliphatic rings. The zero-order valence-electron chi connectivity index (χ0n) is 76.2. The fourth-order valence-electron chi connectivity index (χ4n) is 15.0. The van der Waals surface area contributed by atoms with Gasteiger partial charge >= 0.3 is 32.1 Å². The Morgan fingerprint density at radius 1 is 0.469 bits per heavy atom. The average molecular weight is 2020 g/mol. The highest BCUT2D eigenvalue weighted by molar-refractivity contribution is 9.11. The molecule has 16 rings (SSSR count). The van der Waals surface area contributed by atoms with E-state index in [4.69, 9.17) is 108 Å². The summed E-state index contributed by atoms with van der Waals surface area (Å²) < 4.78 is 60.4. The zero-order chi connectivity index (χ0) is 94.8.